The minimum absolute atomic E-state index is 0.0868. The number of carbonyl (C=O) groups is 1. The number of alkyl halides is 2. The summed E-state index contributed by atoms with van der Waals surface area (Å²) in [4.78, 5) is 23.4. The molecule has 8 nitrogen and oxygen atoms in total. The quantitative estimate of drug-likeness (QED) is 0.453. The predicted molar refractivity (Wildman–Crippen MR) is 138 cm³/mol. The first-order valence-corrected chi connectivity index (χ1v) is 12.5. The molecule has 0 aliphatic carbocycles. The van der Waals surface area contributed by atoms with Crippen molar-refractivity contribution in [2.24, 2.45) is 5.41 Å². The summed E-state index contributed by atoms with van der Waals surface area (Å²) in [6, 6.07) is 9.82. The van der Waals surface area contributed by atoms with Crippen LogP contribution in [0.2, 0.25) is 0 Å². The number of halogens is 2. The molecule has 0 spiro atoms. The van der Waals surface area contributed by atoms with Gasteiger partial charge in [-0.05, 0) is 48.4 Å². The Morgan fingerprint density at radius 3 is 2.74 bits per heavy atom. The van der Waals surface area contributed by atoms with E-state index in [1.165, 1.54) is 12.3 Å². The van der Waals surface area contributed by atoms with E-state index in [4.69, 9.17) is 9.72 Å². The summed E-state index contributed by atoms with van der Waals surface area (Å²) < 4.78 is 33.1. The van der Waals surface area contributed by atoms with Crippen LogP contribution < -0.4 is 10.2 Å². The van der Waals surface area contributed by atoms with Crippen molar-refractivity contribution < 1.29 is 28.5 Å². The molecule has 10 heteroatoms. The Labute approximate surface area is 219 Å². The zero-order valence-electron chi connectivity index (χ0n) is 21.2. The number of nitrogens with zero attached hydrogens (tertiary/aromatic N) is 3. The molecule has 1 atom stereocenters. The second-order valence-electron chi connectivity index (χ2n) is 10.1. The van der Waals surface area contributed by atoms with Gasteiger partial charge in [0.05, 0.1) is 43.9 Å². The lowest BCUT2D eigenvalue weighted by atomic mass is 9.73. The molecule has 200 valence electrons. The number of benzene rings is 1. The van der Waals surface area contributed by atoms with Gasteiger partial charge < -0.3 is 25.2 Å². The summed E-state index contributed by atoms with van der Waals surface area (Å²) in [5, 5.41) is 23.1. The zero-order chi connectivity index (χ0) is 27.1. The average Bonchev–Trinajstić information content (AvgIpc) is 2.93. The van der Waals surface area contributed by atoms with E-state index in [0.29, 0.717) is 31.9 Å². The number of hydrogen-bond acceptors (Lipinski definition) is 7. The maximum absolute atomic E-state index is 13.7. The molecular weight excluding hydrogens is 494 g/mol. The molecule has 38 heavy (non-hydrogen) atoms. The van der Waals surface area contributed by atoms with Crippen LogP contribution in [0.15, 0.2) is 48.8 Å². The van der Waals surface area contributed by atoms with Crippen LogP contribution in [-0.2, 0) is 17.1 Å². The minimum Gasteiger partial charge on any atom is -0.396 e. The third kappa shape index (κ3) is 4.75. The van der Waals surface area contributed by atoms with Gasteiger partial charge in [0.1, 0.15) is 5.69 Å². The lowest BCUT2D eigenvalue weighted by molar-refractivity contribution is -0.0254. The van der Waals surface area contributed by atoms with E-state index < -0.39 is 22.9 Å². The molecule has 2 aliphatic heterocycles. The molecule has 0 radical (unpaired) electrons. The normalized spacial score (nSPS) is 18.5. The highest BCUT2D eigenvalue weighted by atomic mass is 19.3. The molecule has 1 saturated heterocycles. The van der Waals surface area contributed by atoms with Crippen molar-refractivity contribution in [2.75, 3.05) is 43.2 Å². The topological polar surface area (TPSA) is 108 Å². The van der Waals surface area contributed by atoms with Gasteiger partial charge in [-0.15, -0.1) is 0 Å². The minimum atomic E-state index is -3.15. The van der Waals surface area contributed by atoms with Crippen LogP contribution in [0, 0.1) is 12.3 Å². The predicted octanol–water partition coefficient (Wildman–Crippen LogP) is 3.55. The van der Waals surface area contributed by atoms with Gasteiger partial charge in [-0.25, -0.2) is 0 Å². The number of ether oxygens (including phenoxy) is 1. The van der Waals surface area contributed by atoms with E-state index >= 15 is 0 Å². The molecule has 0 saturated carbocycles. The molecular formula is C28H30F2N4O4. The number of anilines is 2. The Kier molecular flexibility index (Phi) is 6.89. The largest absolute Gasteiger partial charge is 0.396 e. The SMILES string of the molecule is Cc1ccc(NC(=O)c2ccnc(C(C)(F)F)c2)cc1-c1cnc2c(c1)N1CCOCC1C(CO)(CO)C2. The van der Waals surface area contributed by atoms with E-state index in [1.807, 2.05) is 25.1 Å². The van der Waals surface area contributed by atoms with Crippen molar-refractivity contribution in [3.05, 3.63) is 71.3 Å². The zero-order valence-corrected chi connectivity index (χ0v) is 21.2. The summed E-state index contributed by atoms with van der Waals surface area (Å²) >= 11 is 0. The van der Waals surface area contributed by atoms with E-state index in [-0.39, 0.29) is 24.8 Å². The summed E-state index contributed by atoms with van der Waals surface area (Å²) in [5.41, 5.74) is 3.81. The van der Waals surface area contributed by atoms with Crippen LogP contribution in [-0.4, -0.2) is 65.1 Å². The number of hydrogen-bond donors (Lipinski definition) is 3. The van der Waals surface area contributed by atoms with Crippen molar-refractivity contribution in [1.29, 1.82) is 0 Å². The number of aliphatic hydroxyl groups excluding tert-OH is 2. The van der Waals surface area contributed by atoms with Crippen LogP contribution in [0.25, 0.3) is 11.1 Å². The van der Waals surface area contributed by atoms with E-state index in [2.05, 4.69) is 15.2 Å². The van der Waals surface area contributed by atoms with Crippen LogP contribution in [0.1, 0.15) is 34.2 Å². The summed E-state index contributed by atoms with van der Waals surface area (Å²) in [7, 11) is 0. The number of pyridine rings is 2. The van der Waals surface area contributed by atoms with Crippen LogP contribution >= 0.6 is 0 Å². The molecule has 1 aromatic carbocycles. The Morgan fingerprint density at radius 1 is 1.21 bits per heavy atom. The molecule has 0 bridgehead atoms. The third-order valence-corrected chi connectivity index (χ3v) is 7.52. The number of aliphatic hydroxyl groups is 2. The summed E-state index contributed by atoms with van der Waals surface area (Å²) in [5.74, 6) is -3.67. The van der Waals surface area contributed by atoms with Gasteiger partial charge in [0.2, 0.25) is 0 Å². The molecule has 1 fully saturated rings. The first-order chi connectivity index (χ1) is 18.1. The molecule has 5 rings (SSSR count). The number of morpholine rings is 1. The fourth-order valence-corrected chi connectivity index (χ4v) is 5.26. The highest BCUT2D eigenvalue weighted by molar-refractivity contribution is 6.04. The Hall–Kier alpha value is -3.47. The smallest absolute Gasteiger partial charge is 0.286 e. The maximum atomic E-state index is 13.7. The van der Waals surface area contributed by atoms with Gasteiger partial charge in [0.15, 0.2) is 0 Å². The van der Waals surface area contributed by atoms with Gasteiger partial charge in [0, 0.05) is 54.5 Å². The standard InChI is InChI=1S/C28H30F2N4O4/c1-17-3-4-20(33-26(37)18-5-6-31-24(10-18)27(2,29)30)11-21(17)19-9-23-22(32-13-19)12-28(15-35,16-36)25-14-38-8-7-34(23)25/h3-6,9-11,13,25,35-36H,7-8,12,14-16H2,1-2H3,(H,33,37). The number of rotatable bonds is 6. The Bertz CT molecular complexity index is 1360. The van der Waals surface area contributed by atoms with Crippen LogP contribution in [0.3, 0.4) is 0 Å². The van der Waals surface area contributed by atoms with Crippen molar-refractivity contribution in [1.82, 2.24) is 9.97 Å². The number of aromatic nitrogens is 2. The van der Waals surface area contributed by atoms with Gasteiger partial charge >= 0.3 is 0 Å². The molecule has 3 aromatic rings. The van der Waals surface area contributed by atoms with Crippen molar-refractivity contribution in [3.63, 3.8) is 0 Å². The lowest BCUT2D eigenvalue weighted by Gasteiger charge is -2.51. The first kappa shape index (κ1) is 26.1. The fourth-order valence-electron chi connectivity index (χ4n) is 5.26. The average molecular weight is 525 g/mol. The number of carbonyl (C=O) groups excluding carboxylic acids is 1. The van der Waals surface area contributed by atoms with Crippen LogP contribution in [0.4, 0.5) is 20.2 Å². The van der Waals surface area contributed by atoms with Crippen LogP contribution in [0.5, 0.6) is 0 Å². The second kappa shape index (κ2) is 10.0. The molecule has 4 heterocycles. The Morgan fingerprint density at radius 2 is 2.00 bits per heavy atom. The van der Waals surface area contributed by atoms with Gasteiger partial charge in [0.25, 0.3) is 11.8 Å². The number of nitrogens with one attached hydrogen (secondary N) is 1. The van der Waals surface area contributed by atoms with Gasteiger partial charge in [-0.3, -0.25) is 14.8 Å². The van der Waals surface area contributed by atoms with E-state index in [9.17, 15) is 23.8 Å². The third-order valence-electron chi connectivity index (χ3n) is 7.52. The molecule has 1 unspecified atom stereocenters. The lowest BCUT2D eigenvalue weighted by Crippen LogP contribution is -2.61. The number of fused-ring (bicyclic) bond motifs is 3. The maximum Gasteiger partial charge on any atom is 0.286 e. The Balaban J connectivity index is 1.45. The van der Waals surface area contributed by atoms with Crippen molar-refractivity contribution >= 4 is 17.3 Å². The molecule has 2 aliphatic rings. The highest BCUT2D eigenvalue weighted by Gasteiger charge is 2.48. The van der Waals surface area contributed by atoms with E-state index in [1.54, 1.807) is 12.3 Å². The monoisotopic (exact) mass is 524 g/mol. The van der Waals surface area contributed by atoms with Crippen molar-refractivity contribution in [3.8, 4) is 11.1 Å². The summed E-state index contributed by atoms with van der Waals surface area (Å²) in [6.45, 7) is 3.91. The molecule has 3 N–H and O–H groups in total. The van der Waals surface area contributed by atoms with Gasteiger partial charge in [-0.2, -0.15) is 8.78 Å². The first-order valence-electron chi connectivity index (χ1n) is 12.5. The highest BCUT2D eigenvalue weighted by Crippen LogP contribution is 2.43. The van der Waals surface area contributed by atoms with Crippen molar-refractivity contribution in [2.45, 2.75) is 32.2 Å². The van der Waals surface area contributed by atoms with Gasteiger partial charge in [-0.1, -0.05) is 6.07 Å². The second-order valence-corrected chi connectivity index (χ2v) is 10.1. The molecule has 1 amide bonds. The van der Waals surface area contributed by atoms with E-state index in [0.717, 1.165) is 41.1 Å². The fraction of sp³-hybridized carbons (Fsp3) is 0.393. The number of aryl methyl sites for hydroxylation is 1. The molecule has 2 aromatic heterocycles. The number of amides is 1. The summed E-state index contributed by atoms with van der Waals surface area (Å²) in [6.07, 6.45) is 3.38.